The predicted octanol–water partition coefficient (Wildman–Crippen LogP) is 2.66. The summed E-state index contributed by atoms with van der Waals surface area (Å²) in [7, 11) is 0.293. The molecule has 0 spiro atoms. The van der Waals surface area contributed by atoms with E-state index in [1.165, 1.54) is 39.2 Å². The highest BCUT2D eigenvalue weighted by Gasteiger charge is 2.06. The lowest BCUT2D eigenvalue weighted by atomic mass is 10.1. The highest BCUT2D eigenvalue weighted by molar-refractivity contribution is 7.85. The van der Waals surface area contributed by atoms with Crippen LogP contribution in [0, 0.1) is 0 Å². The molecule has 4 heteroatoms. The van der Waals surface area contributed by atoms with Crippen LogP contribution < -0.4 is 0 Å². The third-order valence-electron chi connectivity index (χ3n) is 2.48. The summed E-state index contributed by atoms with van der Waals surface area (Å²) < 4.78 is 15.8. The van der Waals surface area contributed by atoms with Crippen LogP contribution in [0.5, 0.6) is 0 Å². The van der Waals surface area contributed by atoms with Crippen molar-refractivity contribution in [2.45, 2.75) is 51.9 Å². The van der Waals surface area contributed by atoms with E-state index in [0.717, 1.165) is 12.8 Å². The van der Waals surface area contributed by atoms with Crippen molar-refractivity contribution < 1.29 is 13.7 Å². The summed E-state index contributed by atoms with van der Waals surface area (Å²) in [6.45, 7) is 2.20. The Labute approximate surface area is 101 Å². The van der Waals surface area contributed by atoms with E-state index in [2.05, 4.69) is 11.7 Å². The third kappa shape index (κ3) is 10.1. The first-order valence-corrected chi connectivity index (χ1v) is 7.61. The van der Waals surface area contributed by atoms with Crippen LogP contribution >= 0.6 is 0 Å². The monoisotopic (exact) mass is 248 g/mol. The maximum Gasteiger partial charge on any atom is 0.318 e. The molecule has 3 nitrogen and oxygen atoms in total. The number of rotatable bonds is 10. The fourth-order valence-corrected chi connectivity index (χ4v) is 2.53. The van der Waals surface area contributed by atoms with Gasteiger partial charge in [0.2, 0.25) is 0 Å². The van der Waals surface area contributed by atoms with Gasteiger partial charge in [0.1, 0.15) is 5.75 Å². The molecule has 0 saturated carbocycles. The largest absolute Gasteiger partial charge is 0.468 e. The first-order valence-electron chi connectivity index (χ1n) is 6.12. The third-order valence-corrected chi connectivity index (χ3v) is 3.78. The van der Waals surface area contributed by atoms with E-state index < -0.39 is 10.8 Å². The standard InChI is InChI=1S/C12H24O3S/c1-3-4-5-6-7-8-9-10-16(14)11-12(13)15-2/h3-11H2,1-2H3/t16-/m1/s1. The molecule has 0 heterocycles. The van der Waals surface area contributed by atoms with Crippen LogP contribution in [0.4, 0.5) is 0 Å². The van der Waals surface area contributed by atoms with Gasteiger partial charge in [0.25, 0.3) is 0 Å². The van der Waals surface area contributed by atoms with Crippen molar-refractivity contribution in [2.24, 2.45) is 0 Å². The Balaban J connectivity index is 3.24. The van der Waals surface area contributed by atoms with Crippen molar-refractivity contribution in [1.29, 1.82) is 0 Å². The molecule has 0 unspecified atom stereocenters. The van der Waals surface area contributed by atoms with Crippen LogP contribution in [0.1, 0.15) is 51.9 Å². The van der Waals surface area contributed by atoms with Gasteiger partial charge < -0.3 is 4.74 Å². The number of hydrogen-bond donors (Lipinski definition) is 0. The Morgan fingerprint density at radius 3 is 2.19 bits per heavy atom. The molecule has 0 saturated heterocycles. The lowest BCUT2D eigenvalue weighted by molar-refractivity contribution is -0.137. The summed E-state index contributed by atoms with van der Waals surface area (Å²) in [6, 6.07) is 0. The Kier molecular flexibility index (Phi) is 10.9. The molecule has 0 N–H and O–H groups in total. The lowest BCUT2D eigenvalue weighted by Gasteiger charge is -2.02. The van der Waals surface area contributed by atoms with E-state index in [1.54, 1.807) is 0 Å². The molecule has 0 aromatic rings. The molecule has 0 amide bonds. The molecule has 0 aliphatic carbocycles. The van der Waals surface area contributed by atoms with Gasteiger partial charge in [-0.1, -0.05) is 45.4 Å². The van der Waals surface area contributed by atoms with Gasteiger partial charge in [-0.3, -0.25) is 9.00 Å². The van der Waals surface area contributed by atoms with Crippen molar-refractivity contribution in [2.75, 3.05) is 18.6 Å². The van der Waals surface area contributed by atoms with E-state index >= 15 is 0 Å². The molecule has 0 rings (SSSR count). The smallest absolute Gasteiger partial charge is 0.318 e. The highest BCUT2D eigenvalue weighted by atomic mass is 32.2. The summed E-state index contributed by atoms with van der Waals surface area (Å²) in [5, 5.41) is 0. The van der Waals surface area contributed by atoms with Crippen LogP contribution in [-0.4, -0.2) is 28.8 Å². The summed E-state index contributed by atoms with van der Waals surface area (Å²) >= 11 is 0. The van der Waals surface area contributed by atoms with Gasteiger partial charge in [-0.15, -0.1) is 0 Å². The zero-order valence-corrected chi connectivity index (χ0v) is 11.3. The molecule has 0 aromatic carbocycles. The van der Waals surface area contributed by atoms with E-state index in [1.807, 2.05) is 0 Å². The van der Waals surface area contributed by atoms with Crippen molar-refractivity contribution in [3.63, 3.8) is 0 Å². The van der Waals surface area contributed by atoms with Gasteiger partial charge in [0.05, 0.1) is 7.11 Å². The molecule has 0 aliphatic heterocycles. The van der Waals surface area contributed by atoms with Crippen molar-refractivity contribution >= 4 is 16.8 Å². The molecule has 16 heavy (non-hydrogen) atoms. The minimum absolute atomic E-state index is 0.0480. The fraction of sp³-hybridized carbons (Fsp3) is 0.917. The van der Waals surface area contributed by atoms with Gasteiger partial charge in [0.15, 0.2) is 0 Å². The number of unbranched alkanes of at least 4 members (excludes halogenated alkanes) is 6. The zero-order valence-electron chi connectivity index (χ0n) is 10.5. The quantitative estimate of drug-likeness (QED) is 0.441. The average molecular weight is 248 g/mol. The first kappa shape index (κ1) is 15.6. The zero-order chi connectivity index (χ0) is 12.2. The van der Waals surface area contributed by atoms with Gasteiger partial charge in [-0.2, -0.15) is 0 Å². The Morgan fingerprint density at radius 1 is 1.06 bits per heavy atom. The van der Waals surface area contributed by atoms with Crippen molar-refractivity contribution in [3.05, 3.63) is 0 Å². The molecule has 0 fully saturated rings. The number of esters is 1. The van der Waals surface area contributed by atoms with Gasteiger partial charge >= 0.3 is 5.97 Å². The van der Waals surface area contributed by atoms with E-state index in [-0.39, 0.29) is 11.7 Å². The second-order valence-corrected chi connectivity index (χ2v) is 5.56. The maximum absolute atomic E-state index is 11.4. The van der Waals surface area contributed by atoms with Gasteiger partial charge in [-0.05, 0) is 6.42 Å². The van der Waals surface area contributed by atoms with E-state index in [9.17, 15) is 9.00 Å². The normalized spacial score (nSPS) is 12.4. The molecular formula is C12H24O3S. The summed E-state index contributed by atoms with van der Waals surface area (Å²) in [6.07, 6.45) is 8.46. The molecular weight excluding hydrogens is 224 g/mol. The Morgan fingerprint density at radius 2 is 1.62 bits per heavy atom. The van der Waals surface area contributed by atoms with E-state index in [4.69, 9.17) is 0 Å². The van der Waals surface area contributed by atoms with Gasteiger partial charge in [0, 0.05) is 16.6 Å². The Hall–Kier alpha value is -0.380. The second kappa shape index (κ2) is 11.1. The lowest BCUT2D eigenvalue weighted by Crippen LogP contribution is -2.14. The minimum Gasteiger partial charge on any atom is -0.468 e. The summed E-state index contributed by atoms with van der Waals surface area (Å²) in [5.41, 5.74) is 0. The number of methoxy groups -OCH3 is 1. The van der Waals surface area contributed by atoms with Gasteiger partial charge in [-0.25, -0.2) is 0 Å². The predicted molar refractivity (Wildman–Crippen MR) is 67.9 cm³/mol. The maximum atomic E-state index is 11.4. The second-order valence-electron chi connectivity index (χ2n) is 3.99. The fourth-order valence-electron chi connectivity index (χ4n) is 1.48. The van der Waals surface area contributed by atoms with Crippen LogP contribution in [0.15, 0.2) is 0 Å². The first-order chi connectivity index (χ1) is 7.70. The molecule has 0 radical (unpaired) electrons. The highest BCUT2D eigenvalue weighted by Crippen LogP contribution is 2.07. The van der Waals surface area contributed by atoms with Crippen molar-refractivity contribution in [1.82, 2.24) is 0 Å². The molecule has 0 aliphatic rings. The minimum atomic E-state index is -1.03. The molecule has 0 aromatic heterocycles. The van der Waals surface area contributed by atoms with E-state index in [0.29, 0.717) is 5.75 Å². The van der Waals surface area contributed by atoms with Crippen LogP contribution in [0.2, 0.25) is 0 Å². The summed E-state index contributed by atoms with van der Waals surface area (Å²) in [5.74, 6) is 0.302. The topological polar surface area (TPSA) is 43.4 Å². The van der Waals surface area contributed by atoms with Crippen LogP contribution in [0.25, 0.3) is 0 Å². The SMILES string of the molecule is CCCCCCCCC[S@@](=O)CC(=O)OC. The number of carbonyl (C=O) groups is 1. The molecule has 0 bridgehead atoms. The molecule has 96 valence electrons. The number of hydrogen-bond acceptors (Lipinski definition) is 3. The number of carbonyl (C=O) groups excluding carboxylic acids is 1. The molecule has 1 atom stereocenters. The Bertz CT molecular complexity index is 204. The summed E-state index contributed by atoms with van der Waals surface area (Å²) in [4.78, 5) is 10.8. The van der Waals surface area contributed by atoms with Crippen LogP contribution in [0.3, 0.4) is 0 Å². The number of ether oxygens (including phenoxy) is 1. The average Bonchev–Trinajstić information content (AvgIpc) is 2.27. The van der Waals surface area contributed by atoms with Crippen LogP contribution in [-0.2, 0) is 20.3 Å². The van der Waals surface area contributed by atoms with Crippen molar-refractivity contribution in [3.8, 4) is 0 Å².